The smallest absolute Gasteiger partial charge is 0.235 e. The molecule has 1 aliphatic rings. The summed E-state index contributed by atoms with van der Waals surface area (Å²) in [7, 11) is 0. The van der Waals surface area contributed by atoms with Gasteiger partial charge in [0.1, 0.15) is 18.2 Å². The molecule has 1 aliphatic heterocycles. The van der Waals surface area contributed by atoms with E-state index in [1.807, 2.05) is 30.5 Å². The van der Waals surface area contributed by atoms with E-state index in [0.29, 0.717) is 28.1 Å². The molecule has 2 aromatic heterocycles. The molecule has 0 saturated carbocycles. The molecule has 3 heterocycles. The van der Waals surface area contributed by atoms with Gasteiger partial charge in [0, 0.05) is 17.3 Å². The van der Waals surface area contributed by atoms with E-state index in [9.17, 15) is 10.1 Å². The molecule has 0 bridgehead atoms. The van der Waals surface area contributed by atoms with Crippen LogP contribution in [0.15, 0.2) is 35.7 Å². The number of anilines is 1. The summed E-state index contributed by atoms with van der Waals surface area (Å²) in [6, 6.07) is 9.57. The zero-order chi connectivity index (χ0) is 22.7. The first-order chi connectivity index (χ1) is 15.5. The minimum Gasteiger partial charge on any atom is -0.376 e. The Labute approximate surface area is 195 Å². The number of aromatic nitrogens is 4. The molecule has 0 unspecified atom stereocenters. The number of amides is 1. The van der Waals surface area contributed by atoms with Gasteiger partial charge in [-0.25, -0.2) is 0 Å². The fourth-order valence-corrected chi connectivity index (χ4v) is 4.69. The number of rotatable bonds is 7. The van der Waals surface area contributed by atoms with Crippen molar-refractivity contribution in [2.24, 2.45) is 0 Å². The number of nitrogens with zero attached hydrogens (tertiary/aromatic N) is 5. The Balaban J connectivity index is 1.49. The SMILES string of the molecule is Cc1c(C#N)c(NC(=O)CSc2nncn2-c2cccc(Cl)c2)n(C[C@H]2CCCO2)c1C. The predicted octanol–water partition coefficient (Wildman–Crippen LogP) is 4.12. The molecule has 1 aromatic carbocycles. The average molecular weight is 471 g/mol. The van der Waals surface area contributed by atoms with Gasteiger partial charge in [0.15, 0.2) is 5.16 Å². The van der Waals surface area contributed by atoms with Crippen molar-refractivity contribution in [3.8, 4) is 11.8 Å². The number of hydrogen-bond acceptors (Lipinski definition) is 6. The maximum Gasteiger partial charge on any atom is 0.235 e. The van der Waals surface area contributed by atoms with E-state index < -0.39 is 0 Å². The van der Waals surface area contributed by atoms with Crippen molar-refractivity contribution < 1.29 is 9.53 Å². The standard InChI is InChI=1S/C22H23ClN6O2S/c1-14-15(2)28(11-18-7-4-8-31-18)21(19(14)10-24)26-20(30)12-32-22-27-25-13-29(22)17-6-3-5-16(23)9-17/h3,5-6,9,13,18H,4,7-8,11-12H2,1-2H3,(H,26,30)/t18-/m1/s1. The van der Waals surface area contributed by atoms with Crippen molar-refractivity contribution in [3.05, 3.63) is 52.4 Å². The van der Waals surface area contributed by atoms with Crippen LogP contribution in [0.5, 0.6) is 0 Å². The van der Waals surface area contributed by atoms with Gasteiger partial charge in [-0.1, -0.05) is 29.4 Å². The third-order valence-electron chi connectivity index (χ3n) is 5.54. The molecule has 1 amide bonds. The van der Waals surface area contributed by atoms with Gasteiger partial charge < -0.3 is 14.6 Å². The van der Waals surface area contributed by atoms with Crippen LogP contribution in [-0.2, 0) is 16.1 Å². The Morgan fingerprint density at radius 2 is 2.28 bits per heavy atom. The predicted molar refractivity (Wildman–Crippen MR) is 123 cm³/mol. The van der Waals surface area contributed by atoms with Gasteiger partial charge in [-0.3, -0.25) is 9.36 Å². The number of ether oxygens (including phenoxy) is 1. The number of nitriles is 1. The summed E-state index contributed by atoms with van der Waals surface area (Å²) < 4.78 is 9.53. The summed E-state index contributed by atoms with van der Waals surface area (Å²) in [5.41, 5.74) is 3.13. The molecule has 4 rings (SSSR count). The maximum atomic E-state index is 12.8. The van der Waals surface area contributed by atoms with E-state index >= 15 is 0 Å². The molecule has 32 heavy (non-hydrogen) atoms. The van der Waals surface area contributed by atoms with Gasteiger partial charge in [-0.05, 0) is 50.5 Å². The van der Waals surface area contributed by atoms with Crippen molar-refractivity contribution in [2.45, 2.75) is 44.5 Å². The van der Waals surface area contributed by atoms with Crippen LogP contribution in [0.4, 0.5) is 5.82 Å². The van der Waals surface area contributed by atoms with Gasteiger partial charge in [-0.15, -0.1) is 10.2 Å². The normalized spacial score (nSPS) is 15.6. The Morgan fingerprint density at radius 3 is 3.00 bits per heavy atom. The van der Waals surface area contributed by atoms with Gasteiger partial charge in [-0.2, -0.15) is 5.26 Å². The van der Waals surface area contributed by atoms with Gasteiger partial charge in [0.25, 0.3) is 0 Å². The first-order valence-electron chi connectivity index (χ1n) is 10.3. The van der Waals surface area contributed by atoms with Crippen LogP contribution in [-0.4, -0.2) is 43.7 Å². The molecule has 8 nitrogen and oxygen atoms in total. The number of hydrogen-bond donors (Lipinski definition) is 1. The van der Waals surface area contributed by atoms with Crippen LogP contribution in [0, 0.1) is 25.2 Å². The van der Waals surface area contributed by atoms with Gasteiger partial charge >= 0.3 is 0 Å². The molecule has 166 valence electrons. The molecular formula is C22H23ClN6O2S. The average Bonchev–Trinajstić information content (AvgIpc) is 3.51. The van der Waals surface area contributed by atoms with Crippen LogP contribution >= 0.6 is 23.4 Å². The topological polar surface area (TPSA) is 97.8 Å². The summed E-state index contributed by atoms with van der Waals surface area (Å²) in [5.74, 6) is 0.422. The number of nitrogens with one attached hydrogen (secondary N) is 1. The highest BCUT2D eigenvalue weighted by Crippen LogP contribution is 2.29. The molecule has 1 fully saturated rings. The Hall–Kier alpha value is -2.80. The number of halogens is 1. The molecule has 1 N–H and O–H groups in total. The second-order valence-corrected chi connectivity index (χ2v) is 8.97. The van der Waals surface area contributed by atoms with Crippen molar-refractivity contribution >= 4 is 35.1 Å². The van der Waals surface area contributed by atoms with E-state index in [-0.39, 0.29) is 17.8 Å². The van der Waals surface area contributed by atoms with Gasteiger partial charge in [0.05, 0.1) is 29.7 Å². The summed E-state index contributed by atoms with van der Waals surface area (Å²) in [4.78, 5) is 12.8. The van der Waals surface area contributed by atoms with Crippen LogP contribution in [0.2, 0.25) is 5.02 Å². The molecule has 1 saturated heterocycles. The Morgan fingerprint density at radius 1 is 1.44 bits per heavy atom. The highest BCUT2D eigenvalue weighted by molar-refractivity contribution is 7.99. The van der Waals surface area contributed by atoms with E-state index in [2.05, 4.69) is 21.6 Å². The maximum absolute atomic E-state index is 12.8. The summed E-state index contributed by atoms with van der Waals surface area (Å²) in [5, 5.41) is 21.9. The lowest BCUT2D eigenvalue weighted by Gasteiger charge is -2.16. The second kappa shape index (κ2) is 9.77. The van der Waals surface area contributed by atoms with Crippen LogP contribution in [0.3, 0.4) is 0 Å². The zero-order valence-electron chi connectivity index (χ0n) is 17.8. The molecule has 0 radical (unpaired) electrons. The van der Waals surface area contributed by atoms with Crippen molar-refractivity contribution in [1.29, 1.82) is 5.26 Å². The van der Waals surface area contributed by atoms with E-state index in [0.717, 1.165) is 36.4 Å². The van der Waals surface area contributed by atoms with Crippen molar-refractivity contribution in [3.63, 3.8) is 0 Å². The quantitative estimate of drug-likeness (QED) is 0.521. The number of benzene rings is 1. The molecule has 1 atom stereocenters. The van der Waals surface area contributed by atoms with E-state index in [4.69, 9.17) is 16.3 Å². The lowest BCUT2D eigenvalue weighted by molar-refractivity contribution is -0.113. The zero-order valence-corrected chi connectivity index (χ0v) is 19.4. The molecular weight excluding hydrogens is 448 g/mol. The molecule has 0 aliphatic carbocycles. The third kappa shape index (κ3) is 4.67. The van der Waals surface area contributed by atoms with Crippen LogP contribution in [0.25, 0.3) is 5.69 Å². The lowest BCUT2D eigenvalue weighted by Crippen LogP contribution is -2.22. The highest BCUT2D eigenvalue weighted by Gasteiger charge is 2.24. The van der Waals surface area contributed by atoms with Gasteiger partial charge in [0.2, 0.25) is 5.91 Å². The monoisotopic (exact) mass is 470 g/mol. The minimum absolute atomic E-state index is 0.0910. The summed E-state index contributed by atoms with van der Waals surface area (Å²) in [6.07, 6.45) is 3.68. The fraction of sp³-hybridized carbons (Fsp3) is 0.364. The fourth-order valence-electron chi connectivity index (χ4n) is 3.77. The van der Waals surface area contributed by atoms with Crippen LogP contribution < -0.4 is 5.32 Å². The lowest BCUT2D eigenvalue weighted by atomic mass is 10.2. The third-order valence-corrected chi connectivity index (χ3v) is 6.72. The van der Waals surface area contributed by atoms with E-state index in [1.165, 1.54) is 11.8 Å². The Kier molecular flexibility index (Phi) is 6.84. The summed E-state index contributed by atoms with van der Waals surface area (Å²) in [6.45, 7) is 5.22. The molecule has 3 aromatic rings. The second-order valence-electron chi connectivity index (χ2n) is 7.59. The number of carbonyl (C=O) groups excluding carboxylic acids is 1. The molecule has 0 spiro atoms. The Bertz CT molecular complexity index is 1180. The largest absolute Gasteiger partial charge is 0.376 e. The minimum atomic E-state index is -0.224. The molecule has 10 heteroatoms. The number of thioether (sulfide) groups is 1. The first-order valence-corrected chi connectivity index (χ1v) is 11.6. The van der Waals surface area contributed by atoms with E-state index in [1.54, 1.807) is 23.0 Å². The van der Waals surface area contributed by atoms with Crippen molar-refractivity contribution in [1.82, 2.24) is 19.3 Å². The first kappa shape index (κ1) is 22.4. The summed E-state index contributed by atoms with van der Waals surface area (Å²) >= 11 is 7.35. The van der Waals surface area contributed by atoms with Crippen molar-refractivity contribution in [2.75, 3.05) is 17.7 Å². The number of carbonyl (C=O) groups is 1. The highest BCUT2D eigenvalue weighted by atomic mass is 35.5. The van der Waals surface area contributed by atoms with Crippen LogP contribution in [0.1, 0.15) is 29.7 Å².